The van der Waals surface area contributed by atoms with E-state index in [4.69, 9.17) is 11.5 Å². The summed E-state index contributed by atoms with van der Waals surface area (Å²) >= 11 is 0. The van der Waals surface area contributed by atoms with Crippen LogP contribution in [0.1, 0.15) is 139 Å². The van der Waals surface area contributed by atoms with Crippen molar-refractivity contribution in [3.63, 3.8) is 0 Å². The molecule has 9 fully saturated rings. The van der Waals surface area contributed by atoms with E-state index in [1.54, 1.807) is 36.6 Å². The highest BCUT2D eigenvalue weighted by atomic mass is 16.6. The van der Waals surface area contributed by atoms with Crippen molar-refractivity contribution in [1.82, 2.24) is 4.90 Å². The number of aryl methyl sites for hydroxylation is 5. The maximum Gasteiger partial charge on any atom is 0.145 e. The third-order valence-corrected chi connectivity index (χ3v) is 19.8. The van der Waals surface area contributed by atoms with Gasteiger partial charge in [0.2, 0.25) is 0 Å². The molecule has 0 radical (unpaired) electrons. The van der Waals surface area contributed by atoms with Crippen LogP contribution in [0.4, 0.5) is 17.1 Å². The van der Waals surface area contributed by atoms with Gasteiger partial charge in [0.25, 0.3) is 0 Å². The molecule has 2 aliphatic heterocycles. The number of nitrogen functional groups attached to an aromatic ring is 2. The summed E-state index contributed by atoms with van der Waals surface area (Å²) < 4.78 is 8.94. The lowest BCUT2D eigenvalue weighted by molar-refractivity contribution is -0.0419. The lowest BCUT2D eigenvalue weighted by Crippen LogP contribution is -2.57. The molecule has 3 unspecified atom stereocenters. The van der Waals surface area contributed by atoms with Gasteiger partial charge in [-0.05, 0) is 239 Å². The Kier molecular flexibility index (Phi) is 12.2. The first kappa shape index (κ1) is 45.9. The number of nitrogens with zero attached hydrogens (tertiary/aromatic N) is 2. The van der Waals surface area contributed by atoms with Crippen molar-refractivity contribution in [2.75, 3.05) is 50.6 Å². The second-order valence-electron chi connectivity index (χ2n) is 23.5. The van der Waals surface area contributed by atoms with Crippen LogP contribution in [-0.4, -0.2) is 45.2 Å². The third kappa shape index (κ3) is 7.45. The van der Waals surface area contributed by atoms with Gasteiger partial charge in [-0.1, -0.05) is 55.5 Å². The first-order valence-electron chi connectivity index (χ1n) is 26.1. The third-order valence-electron chi connectivity index (χ3n) is 19.8. The Labute approximate surface area is 398 Å². The van der Waals surface area contributed by atoms with Gasteiger partial charge in [0, 0.05) is 61.2 Å². The fourth-order valence-electron chi connectivity index (χ4n) is 16.8. The van der Waals surface area contributed by atoms with E-state index >= 15 is 0 Å². The summed E-state index contributed by atoms with van der Waals surface area (Å²) in [7, 11) is 3.17. The van der Waals surface area contributed by atoms with Crippen molar-refractivity contribution in [1.29, 1.82) is 0 Å². The minimum absolute atomic E-state index is 0.143. The predicted octanol–water partition coefficient (Wildman–Crippen LogP) is 12.7. The van der Waals surface area contributed by atoms with Crippen LogP contribution < -0.4 is 16.4 Å². The first-order valence-corrected chi connectivity index (χ1v) is 26.1. The van der Waals surface area contributed by atoms with Crippen LogP contribution in [0.3, 0.4) is 0 Å². The number of methoxy groups -OCH3 is 2. The fourth-order valence-corrected chi connectivity index (χ4v) is 16.8. The summed E-state index contributed by atoms with van der Waals surface area (Å²) in [4.78, 5) is 5.41. The van der Waals surface area contributed by atoms with Crippen LogP contribution in [0.25, 0.3) is 0 Å². The molecule has 66 heavy (non-hydrogen) atoms. The van der Waals surface area contributed by atoms with E-state index in [0.29, 0.717) is 12.8 Å². The van der Waals surface area contributed by atoms with Gasteiger partial charge in [0.15, 0.2) is 0 Å². The number of benzene rings is 4. The highest BCUT2D eigenvalue weighted by Crippen LogP contribution is 2.67. The largest absolute Gasteiger partial charge is 0.399 e. The molecule has 4 aromatic carbocycles. The number of anilines is 3. The number of ether oxygens (including phenoxy) is 2. The molecule has 14 rings (SSSR count). The van der Waals surface area contributed by atoms with E-state index in [1.807, 2.05) is 0 Å². The van der Waals surface area contributed by atoms with Crippen LogP contribution in [0, 0.1) is 94.8 Å². The summed E-state index contributed by atoms with van der Waals surface area (Å²) in [6.07, 6.45) is 14.3. The predicted molar refractivity (Wildman–Crippen MR) is 274 cm³/mol. The molecule has 8 aliphatic carbocycles. The quantitative estimate of drug-likeness (QED) is 0.148. The van der Waals surface area contributed by atoms with E-state index < -0.39 is 0 Å². The first-order chi connectivity index (χ1) is 31.6. The van der Waals surface area contributed by atoms with Crippen molar-refractivity contribution >= 4 is 17.1 Å². The molecule has 0 aromatic heterocycles. The molecule has 6 nitrogen and oxygen atoms in total. The second-order valence-corrected chi connectivity index (χ2v) is 23.5. The van der Waals surface area contributed by atoms with Gasteiger partial charge in [0.05, 0.1) is 6.67 Å². The van der Waals surface area contributed by atoms with Gasteiger partial charge in [-0.25, -0.2) is 0 Å². The Balaban J connectivity index is 0.000000146. The lowest BCUT2D eigenvalue weighted by Gasteiger charge is -2.62. The molecule has 4 aromatic rings. The Bertz CT molecular complexity index is 2320. The average molecular weight is 891 g/mol. The normalized spacial score (nSPS) is 33.7. The average Bonchev–Trinajstić information content (AvgIpc) is 3.27. The second kappa shape index (κ2) is 17.6. The van der Waals surface area contributed by atoms with Gasteiger partial charge in [-0.3, -0.25) is 4.90 Å². The molecule has 0 spiro atoms. The Hall–Kier alpha value is -3.84. The smallest absolute Gasteiger partial charge is 0.145 e. The molecule has 8 saturated carbocycles. The van der Waals surface area contributed by atoms with Crippen LogP contribution in [-0.2, 0) is 26.8 Å². The number of hydrogen-bond donors (Lipinski definition) is 2. The number of nitrogens with two attached hydrogens (primary N) is 2. The van der Waals surface area contributed by atoms with Gasteiger partial charge in [0.1, 0.15) is 6.79 Å². The van der Waals surface area contributed by atoms with E-state index in [-0.39, 0.29) is 10.8 Å². The summed E-state index contributed by atoms with van der Waals surface area (Å²) in [5.41, 5.74) is 32.3. The van der Waals surface area contributed by atoms with Gasteiger partial charge in [-0.15, -0.1) is 0 Å². The van der Waals surface area contributed by atoms with Crippen LogP contribution in [0.2, 0.25) is 0 Å². The van der Waals surface area contributed by atoms with E-state index in [9.17, 15) is 0 Å². The van der Waals surface area contributed by atoms with E-state index in [2.05, 4.69) is 135 Å². The molecular formula is C60H82N4O2. The van der Waals surface area contributed by atoms with E-state index in [1.165, 1.54) is 115 Å². The Morgan fingerprint density at radius 2 is 0.939 bits per heavy atom. The summed E-state index contributed by atoms with van der Waals surface area (Å²) in [6.45, 7) is 22.4. The lowest BCUT2D eigenvalue weighted by atomic mass is 9.42. The zero-order chi connectivity index (χ0) is 46.4. The summed E-state index contributed by atoms with van der Waals surface area (Å²) in [6, 6.07) is 24.9. The van der Waals surface area contributed by atoms with Crippen LogP contribution >= 0.6 is 0 Å². The van der Waals surface area contributed by atoms with E-state index in [0.717, 1.165) is 77.8 Å². The van der Waals surface area contributed by atoms with Gasteiger partial charge in [-0.2, -0.15) is 0 Å². The molecule has 354 valence electrons. The SMILES string of the molecule is COCOC.Cc1cc(C2(c3cc(C)c4c(c3)CN3CN4CC(C)C3C)C3CC4CC(C3)CC2C4)cc(C)c1C.Cc1cc(C2(c3ccc(N)c(C)c3)C3CC4CC(C3)CC2C4)ccc1N. The fraction of sp³-hybridized carbons (Fsp3) is 0.600. The Morgan fingerprint density at radius 1 is 0.530 bits per heavy atom. The van der Waals surface area contributed by atoms with Crippen molar-refractivity contribution in [2.45, 2.75) is 143 Å². The van der Waals surface area contributed by atoms with Crippen LogP contribution in [0.15, 0.2) is 60.7 Å². The van der Waals surface area contributed by atoms with Crippen molar-refractivity contribution < 1.29 is 9.47 Å². The summed E-state index contributed by atoms with van der Waals surface area (Å²) in [5, 5.41) is 0. The molecule has 1 saturated heterocycles. The van der Waals surface area contributed by atoms with Crippen molar-refractivity contribution in [3.05, 3.63) is 122 Å². The summed E-state index contributed by atoms with van der Waals surface area (Å²) in [5.74, 6) is 7.72. The molecule has 10 aliphatic rings. The van der Waals surface area contributed by atoms with Crippen LogP contribution in [0.5, 0.6) is 0 Å². The molecule has 4 N–H and O–H groups in total. The minimum atomic E-state index is 0.143. The molecule has 6 heteroatoms. The number of fused-ring (bicyclic) bond motifs is 4. The highest BCUT2D eigenvalue weighted by Gasteiger charge is 2.60. The molecular weight excluding hydrogens is 809 g/mol. The molecule has 10 bridgehead atoms. The Morgan fingerprint density at radius 3 is 1.36 bits per heavy atom. The highest BCUT2D eigenvalue weighted by molar-refractivity contribution is 5.65. The molecule has 3 atom stereocenters. The number of rotatable bonds is 6. The minimum Gasteiger partial charge on any atom is -0.399 e. The zero-order valence-corrected chi connectivity index (χ0v) is 42.3. The molecule has 2 heterocycles. The standard InChI is InChI=1S/C33H44N2.C24H30N2.C3H8O2/c1-19-7-28(8-20(2)23(19)5)33(30-11-25-10-26(13-30)14-31(33)12-25)29-9-21(3)32-27(15-29)17-34-18-35(32)16-22(4)24(34)6;1-14-7-18(3-5-22(14)25)24(19-4-6-23(26)15(2)8-19)20-10-16-9-17(12-20)13-21(24)11-16;1-4-3-5-2/h7-9,15,22,24-26,30-31H,10-14,16-18H2,1-6H3;3-8,16-17,20-21H,9-13,25-26H2,1-2H3;3H2,1-2H3. The monoisotopic (exact) mass is 891 g/mol. The maximum atomic E-state index is 6.17. The number of hydrogen-bond acceptors (Lipinski definition) is 6. The van der Waals surface area contributed by atoms with Gasteiger partial charge < -0.3 is 25.8 Å². The topological polar surface area (TPSA) is 77.0 Å². The zero-order valence-electron chi connectivity index (χ0n) is 42.3. The van der Waals surface area contributed by atoms with Crippen molar-refractivity contribution in [2.24, 2.45) is 53.3 Å². The van der Waals surface area contributed by atoms with Crippen molar-refractivity contribution in [3.8, 4) is 0 Å². The maximum absolute atomic E-state index is 6.17. The van der Waals surface area contributed by atoms with Gasteiger partial charge >= 0.3 is 0 Å². The molecule has 0 amide bonds.